The first-order valence-corrected chi connectivity index (χ1v) is 9.91. The lowest BCUT2D eigenvalue weighted by Gasteiger charge is -2.41. The van der Waals surface area contributed by atoms with Crippen molar-refractivity contribution in [3.8, 4) is 0 Å². The number of likely N-dealkylation sites (tertiary alicyclic amines) is 1. The van der Waals surface area contributed by atoms with Crippen molar-refractivity contribution in [3.05, 3.63) is 71.8 Å². The summed E-state index contributed by atoms with van der Waals surface area (Å²) in [6, 6.07) is 19.6. The molecule has 28 heavy (non-hydrogen) atoms. The molecule has 0 unspecified atom stereocenters. The summed E-state index contributed by atoms with van der Waals surface area (Å²) in [6.07, 6.45) is 2.09. The van der Waals surface area contributed by atoms with Gasteiger partial charge in [0.05, 0.1) is 12.0 Å². The number of esters is 1. The van der Waals surface area contributed by atoms with Crippen LogP contribution in [0.3, 0.4) is 0 Å². The Morgan fingerprint density at radius 1 is 1.04 bits per heavy atom. The van der Waals surface area contributed by atoms with Gasteiger partial charge in [0.2, 0.25) is 0 Å². The highest BCUT2D eigenvalue weighted by Gasteiger charge is 2.44. The van der Waals surface area contributed by atoms with Gasteiger partial charge in [-0.3, -0.25) is 4.79 Å². The zero-order valence-electron chi connectivity index (χ0n) is 16.4. The molecule has 0 spiro atoms. The Labute approximate surface area is 166 Å². The van der Waals surface area contributed by atoms with E-state index in [1.165, 1.54) is 0 Å². The molecule has 0 aromatic heterocycles. The molecule has 1 atom stereocenters. The Bertz CT molecular complexity index is 779. The van der Waals surface area contributed by atoms with E-state index < -0.39 is 5.41 Å². The third-order valence-electron chi connectivity index (χ3n) is 5.24. The third-order valence-corrected chi connectivity index (χ3v) is 5.24. The highest BCUT2D eigenvalue weighted by molar-refractivity contribution is 5.80. The van der Waals surface area contributed by atoms with Crippen molar-refractivity contribution in [2.45, 2.75) is 32.7 Å². The molecule has 3 rings (SSSR count). The van der Waals surface area contributed by atoms with Crippen molar-refractivity contribution in [1.29, 1.82) is 0 Å². The van der Waals surface area contributed by atoms with Crippen LogP contribution in [0, 0.1) is 5.41 Å². The average Bonchev–Trinajstić information content (AvgIpc) is 2.74. The highest BCUT2D eigenvalue weighted by Crippen LogP contribution is 2.35. The number of urea groups is 1. The van der Waals surface area contributed by atoms with Crippen molar-refractivity contribution in [2.24, 2.45) is 5.41 Å². The average molecular weight is 380 g/mol. The second-order valence-electron chi connectivity index (χ2n) is 7.33. The van der Waals surface area contributed by atoms with Gasteiger partial charge in [-0.05, 0) is 37.3 Å². The molecular weight excluding hydrogens is 352 g/mol. The van der Waals surface area contributed by atoms with Crippen LogP contribution in [-0.4, -0.2) is 36.6 Å². The standard InChI is InChI=1S/C23H28N2O3/c1-2-28-21(26)23(16-19-10-5-3-6-11-19)14-9-15-25(18-23)22(27)24-17-20-12-7-4-8-13-20/h3-8,10-13H,2,9,14-18H2,1H3,(H,24,27)/t23-/m0/s1. The Hall–Kier alpha value is -2.82. The largest absolute Gasteiger partial charge is 0.466 e. The normalized spacial score (nSPS) is 19.1. The first kappa shape index (κ1) is 19.9. The molecule has 5 heteroatoms. The molecule has 2 amide bonds. The number of rotatable bonds is 6. The Kier molecular flexibility index (Phi) is 6.69. The van der Waals surface area contributed by atoms with Crippen LogP contribution in [0.1, 0.15) is 30.9 Å². The van der Waals surface area contributed by atoms with Crippen LogP contribution in [0.2, 0.25) is 0 Å². The van der Waals surface area contributed by atoms with Gasteiger partial charge < -0.3 is 15.0 Å². The highest BCUT2D eigenvalue weighted by atomic mass is 16.5. The van der Waals surface area contributed by atoms with Gasteiger partial charge in [0, 0.05) is 19.6 Å². The van der Waals surface area contributed by atoms with Crippen LogP contribution in [-0.2, 0) is 22.5 Å². The Morgan fingerprint density at radius 3 is 2.32 bits per heavy atom. The summed E-state index contributed by atoms with van der Waals surface area (Å²) >= 11 is 0. The minimum absolute atomic E-state index is 0.134. The molecule has 0 radical (unpaired) electrons. The zero-order valence-corrected chi connectivity index (χ0v) is 16.4. The lowest BCUT2D eigenvalue weighted by atomic mass is 9.75. The molecule has 0 saturated carbocycles. The molecule has 1 saturated heterocycles. The SMILES string of the molecule is CCOC(=O)[C@]1(Cc2ccccc2)CCCN(C(=O)NCc2ccccc2)C1. The van der Waals surface area contributed by atoms with Crippen molar-refractivity contribution >= 4 is 12.0 Å². The molecule has 0 aliphatic carbocycles. The Balaban J connectivity index is 1.71. The lowest BCUT2D eigenvalue weighted by Crippen LogP contribution is -2.53. The van der Waals surface area contributed by atoms with E-state index in [9.17, 15) is 9.59 Å². The molecule has 0 bridgehead atoms. The fourth-order valence-corrected chi connectivity index (χ4v) is 3.84. The number of carbonyl (C=O) groups is 2. The van der Waals surface area contributed by atoms with E-state index in [1.807, 2.05) is 67.6 Å². The van der Waals surface area contributed by atoms with Gasteiger partial charge >= 0.3 is 12.0 Å². The second kappa shape index (κ2) is 9.40. The fourth-order valence-electron chi connectivity index (χ4n) is 3.84. The zero-order chi connectivity index (χ0) is 19.8. The van der Waals surface area contributed by atoms with E-state index in [-0.39, 0.29) is 12.0 Å². The van der Waals surface area contributed by atoms with E-state index >= 15 is 0 Å². The molecule has 2 aromatic carbocycles. The van der Waals surface area contributed by atoms with Crippen molar-refractivity contribution in [2.75, 3.05) is 19.7 Å². The summed E-state index contributed by atoms with van der Waals surface area (Å²) in [5.41, 5.74) is 1.44. The second-order valence-corrected chi connectivity index (χ2v) is 7.33. The summed E-state index contributed by atoms with van der Waals surface area (Å²) in [4.78, 5) is 27.4. The Morgan fingerprint density at radius 2 is 1.68 bits per heavy atom. The monoisotopic (exact) mass is 380 g/mol. The number of amides is 2. The molecule has 1 aliphatic rings. The number of hydrogen-bond acceptors (Lipinski definition) is 3. The third kappa shape index (κ3) is 4.91. The van der Waals surface area contributed by atoms with Gasteiger partial charge in [0.15, 0.2) is 0 Å². The van der Waals surface area contributed by atoms with E-state index in [2.05, 4.69) is 5.32 Å². The summed E-state index contributed by atoms with van der Waals surface area (Å²) in [5, 5.41) is 2.98. The van der Waals surface area contributed by atoms with Gasteiger partial charge in [-0.2, -0.15) is 0 Å². The maximum Gasteiger partial charge on any atom is 0.317 e. The molecular formula is C23H28N2O3. The van der Waals surface area contributed by atoms with Crippen LogP contribution >= 0.6 is 0 Å². The van der Waals surface area contributed by atoms with E-state index in [0.29, 0.717) is 32.7 Å². The topological polar surface area (TPSA) is 58.6 Å². The predicted octanol–water partition coefficient (Wildman–Crippen LogP) is 3.78. The maximum atomic E-state index is 12.9. The maximum absolute atomic E-state index is 12.9. The summed E-state index contributed by atoms with van der Waals surface area (Å²) in [7, 11) is 0. The van der Waals surface area contributed by atoms with Gasteiger partial charge in [0.1, 0.15) is 0 Å². The van der Waals surface area contributed by atoms with Gasteiger partial charge in [-0.25, -0.2) is 4.79 Å². The molecule has 1 aliphatic heterocycles. The number of piperidine rings is 1. The number of ether oxygens (including phenoxy) is 1. The first-order chi connectivity index (χ1) is 13.6. The van der Waals surface area contributed by atoms with Crippen LogP contribution < -0.4 is 5.32 Å². The first-order valence-electron chi connectivity index (χ1n) is 9.91. The van der Waals surface area contributed by atoms with Crippen LogP contribution in [0.25, 0.3) is 0 Å². The number of nitrogens with zero attached hydrogens (tertiary/aromatic N) is 1. The smallest absolute Gasteiger partial charge is 0.317 e. The van der Waals surface area contributed by atoms with Crippen molar-refractivity contribution < 1.29 is 14.3 Å². The molecule has 5 nitrogen and oxygen atoms in total. The van der Waals surface area contributed by atoms with Crippen molar-refractivity contribution in [1.82, 2.24) is 10.2 Å². The quantitative estimate of drug-likeness (QED) is 0.776. The van der Waals surface area contributed by atoms with Gasteiger partial charge in [0.25, 0.3) is 0 Å². The number of benzene rings is 2. The molecule has 1 fully saturated rings. The minimum Gasteiger partial charge on any atom is -0.466 e. The summed E-state index contributed by atoms with van der Waals surface area (Å²) in [5.74, 6) is -0.209. The van der Waals surface area contributed by atoms with Crippen molar-refractivity contribution in [3.63, 3.8) is 0 Å². The predicted molar refractivity (Wildman–Crippen MR) is 109 cm³/mol. The van der Waals surface area contributed by atoms with Gasteiger partial charge in [-0.1, -0.05) is 60.7 Å². The number of nitrogens with one attached hydrogen (secondary N) is 1. The van der Waals surface area contributed by atoms with Gasteiger partial charge in [-0.15, -0.1) is 0 Å². The molecule has 1 heterocycles. The molecule has 1 N–H and O–H groups in total. The van der Waals surface area contributed by atoms with Crippen LogP contribution in [0.15, 0.2) is 60.7 Å². The summed E-state index contributed by atoms with van der Waals surface area (Å²) < 4.78 is 5.42. The molecule has 2 aromatic rings. The van der Waals surface area contributed by atoms with Crippen LogP contribution in [0.4, 0.5) is 4.79 Å². The van der Waals surface area contributed by atoms with E-state index in [0.717, 1.165) is 24.0 Å². The number of carbonyl (C=O) groups excluding carboxylic acids is 2. The van der Waals surface area contributed by atoms with E-state index in [1.54, 1.807) is 4.90 Å². The van der Waals surface area contributed by atoms with Crippen LogP contribution in [0.5, 0.6) is 0 Å². The minimum atomic E-state index is -0.695. The van der Waals surface area contributed by atoms with E-state index in [4.69, 9.17) is 4.74 Å². The fraction of sp³-hybridized carbons (Fsp3) is 0.391. The lowest BCUT2D eigenvalue weighted by molar-refractivity contribution is -0.158. The molecule has 148 valence electrons. The summed E-state index contributed by atoms with van der Waals surface area (Å²) in [6.45, 7) is 3.66. The number of hydrogen-bond donors (Lipinski definition) is 1.